The standard InChI is InChI=1S/C15H14BrNO4/c1-3-20-15(19)10-4-5-13(12(16)7-10)17-14(18)11-6-9(2)21-8-11/h4-8H,3H2,1-2H3,(H,17,18). The normalized spacial score (nSPS) is 10.2. The molecule has 0 saturated carbocycles. The second kappa shape index (κ2) is 6.58. The van der Waals surface area contributed by atoms with Crippen LogP contribution < -0.4 is 5.32 Å². The Morgan fingerprint density at radius 1 is 1.29 bits per heavy atom. The summed E-state index contributed by atoms with van der Waals surface area (Å²) in [4.78, 5) is 23.6. The van der Waals surface area contributed by atoms with Gasteiger partial charge in [-0.25, -0.2) is 4.79 Å². The van der Waals surface area contributed by atoms with Crippen molar-refractivity contribution < 1.29 is 18.7 Å². The fourth-order valence-corrected chi connectivity index (χ4v) is 2.19. The maximum atomic E-state index is 12.0. The van der Waals surface area contributed by atoms with E-state index in [1.807, 2.05) is 0 Å². The molecular formula is C15H14BrNO4. The minimum atomic E-state index is -0.401. The molecule has 2 aromatic rings. The van der Waals surface area contributed by atoms with Gasteiger partial charge in [-0.05, 0) is 54.0 Å². The summed E-state index contributed by atoms with van der Waals surface area (Å²) in [6, 6.07) is 6.49. The number of rotatable bonds is 4. The Bertz CT molecular complexity index is 678. The van der Waals surface area contributed by atoms with E-state index in [9.17, 15) is 9.59 Å². The van der Waals surface area contributed by atoms with Gasteiger partial charge in [0.05, 0.1) is 23.4 Å². The lowest BCUT2D eigenvalue weighted by Gasteiger charge is -2.08. The molecule has 1 aromatic heterocycles. The average Bonchev–Trinajstić information content (AvgIpc) is 2.88. The number of halogens is 1. The molecule has 0 spiro atoms. The minimum Gasteiger partial charge on any atom is -0.469 e. The smallest absolute Gasteiger partial charge is 0.338 e. The van der Waals surface area contributed by atoms with Crippen molar-refractivity contribution in [2.75, 3.05) is 11.9 Å². The maximum absolute atomic E-state index is 12.0. The van der Waals surface area contributed by atoms with Gasteiger partial charge in [-0.1, -0.05) is 0 Å². The predicted octanol–water partition coefficient (Wildman–Crippen LogP) is 3.78. The van der Waals surface area contributed by atoms with Crippen molar-refractivity contribution in [3.05, 3.63) is 51.9 Å². The molecule has 0 radical (unpaired) electrons. The summed E-state index contributed by atoms with van der Waals surface area (Å²) in [6.45, 7) is 3.82. The van der Waals surface area contributed by atoms with Gasteiger partial charge in [0.2, 0.25) is 0 Å². The van der Waals surface area contributed by atoms with Crippen molar-refractivity contribution in [2.24, 2.45) is 0 Å². The van der Waals surface area contributed by atoms with Gasteiger partial charge in [-0.15, -0.1) is 0 Å². The summed E-state index contributed by atoms with van der Waals surface area (Å²) < 4.78 is 10.6. The molecular weight excluding hydrogens is 338 g/mol. The van der Waals surface area contributed by atoms with Crippen molar-refractivity contribution in [3.63, 3.8) is 0 Å². The van der Waals surface area contributed by atoms with Gasteiger partial charge < -0.3 is 14.5 Å². The molecule has 1 heterocycles. The van der Waals surface area contributed by atoms with Crippen molar-refractivity contribution in [3.8, 4) is 0 Å². The number of ether oxygens (including phenoxy) is 1. The first-order valence-corrected chi connectivity index (χ1v) is 7.13. The molecule has 2 rings (SSSR count). The van der Waals surface area contributed by atoms with Gasteiger partial charge >= 0.3 is 5.97 Å². The maximum Gasteiger partial charge on any atom is 0.338 e. The number of amides is 1. The highest BCUT2D eigenvalue weighted by atomic mass is 79.9. The molecule has 1 N–H and O–H groups in total. The lowest BCUT2D eigenvalue weighted by molar-refractivity contribution is 0.0526. The fourth-order valence-electron chi connectivity index (χ4n) is 1.71. The Hall–Kier alpha value is -2.08. The number of esters is 1. The quantitative estimate of drug-likeness (QED) is 0.851. The highest BCUT2D eigenvalue weighted by Crippen LogP contribution is 2.25. The highest BCUT2D eigenvalue weighted by molar-refractivity contribution is 9.10. The van der Waals surface area contributed by atoms with Crippen LogP contribution in [-0.2, 0) is 4.74 Å². The molecule has 1 amide bonds. The molecule has 5 nitrogen and oxygen atoms in total. The fraction of sp³-hybridized carbons (Fsp3) is 0.200. The van der Waals surface area contributed by atoms with Gasteiger partial charge in [0, 0.05) is 4.47 Å². The third-order valence-corrected chi connectivity index (χ3v) is 3.38. The number of carbonyl (C=O) groups excluding carboxylic acids is 2. The van der Waals surface area contributed by atoms with Crippen LogP contribution in [0.15, 0.2) is 39.4 Å². The topological polar surface area (TPSA) is 68.5 Å². The zero-order valence-corrected chi connectivity index (χ0v) is 13.2. The average molecular weight is 352 g/mol. The summed E-state index contributed by atoms with van der Waals surface area (Å²) in [7, 11) is 0. The number of nitrogens with one attached hydrogen (secondary N) is 1. The van der Waals surface area contributed by atoms with Crippen LogP contribution in [0.2, 0.25) is 0 Å². The number of hydrogen-bond donors (Lipinski definition) is 1. The van der Waals surface area contributed by atoms with Gasteiger partial charge in [0.1, 0.15) is 12.0 Å². The monoisotopic (exact) mass is 351 g/mol. The van der Waals surface area contributed by atoms with E-state index >= 15 is 0 Å². The highest BCUT2D eigenvalue weighted by Gasteiger charge is 2.13. The summed E-state index contributed by atoms with van der Waals surface area (Å²) in [6.07, 6.45) is 1.39. The first-order valence-electron chi connectivity index (χ1n) is 6.34. The van der Waals surface area contributed by atoms with Crippen LogP contribution in [0.5, 0.6) is 0 Å². The van der Waals surface area contributed by atoms with Crippen LogP contribution >= 0.6 is 15.9 Å². The van der Waals surface area contributed by atoms with Crippen LogP contribution in [-0.4, -0.2) is 18.5 Å². The van der Waals surface area contributed by atoms with Crippen LogP contribution in [0, 0.1) is 6.92 Å². The lowest BCUT2D eigenvalue weighted by atomic mass is 10.2. The van der Waals surface area contributed by atoms with Crippen molar-refractivity contribution in [1.82, 2.24) is 0 Å². The Balaban J connectivity index is 2.14. The Morgan fingerprint density at radius 3 is 2.62 bits per heavy atom. The van der Waals surface area contributed by atoms with Crippen molar-refractivity contribution in [1.29, 1.82) is 0 Å². The van der Waals surface area contributed by atoms with E-state index in [2.05, 4.69) is 21.2 Å². The molecule has 21 heavy (non-hydrogen) atoms. The molecule has 0 aliphatic heterocycles. The van der Waals surface area contributed by atoms with E-state index in [0.29, 0.717) is 33.7 Å². The number of benzene rings is 1. The lowest BCUT2D eigenvalue weighted by Crippen LogP contribution is -2.12. The first kappa shape index (κ1) is 15.3. The third kappa shape index (κ3) is 3.72. The second-order valence-electron chi connectivity index (χ2n) is 4.32. The van der Waals surface area contributed by atoms with Crippen molar-refractivity contribution in [2.45, 2.75) is 13.8 Å². The molecule has 110 valence electrons. The van der Waals surface area contributed by atoms with E-state index in [0.717, 1.165) is 0 Å². The predicted molar refractivity (Wildman–Crippen MR) is 81.5 cm³/mol. The Kier molecular flexibility index (Phi) is 4.80. The van der Waals surface area contributed by atoms with Gasteiger partial charge in [0.25, 0.3) is 5.91 Å². The number of hydrogen-bond acceptors (Lipinski definition) is 4. The SMILES string of the molecule is CCOC(=O)c1ccc(NC(=O)c2coc(C)c2)c(Br)c1. The number of aryl methyl sites for hydroxylation is 1. The third-order valence-electron chi connectivity index (χ3n) is 2.72. The Labute approximate surface area is 130 Å². The second-order valence-corrected chi connectivity index (χ2v) is 5.17. The van der Waals surface area contributed by atoms with Crippen LogP contribution in [0.3, 0.4) is 0 Å². The molecule has 0 atom stereocenters. The summed E-state index contributed by atoms with van der Waals surface area (Å²) >= 11 is 3.33. The van der Waals surface area contributed by atoms with E-state index in [1.54, 1.807) is 38.1 Å². The van der Waals surface area contributed by atoms with E-state index in [4.69, 9.17) is 9.15 Å². The van der Waals surface area contributed by atoms with E-state index < -0.39 is 5.97 Å². The van der Waals surface area contributed by atoms with E-state index in [1.165, 1.54) is 6.26 Å². The molecule has 0 bridgehead atoms. The molecule has 0 fully saturated rings. The first-order chi connectivity index (χ1) is 10.0. The Morgan fingerprint density at radius 2 is 2.05 bits per heavy atom. The number of carbonyl (C=O) groups is 2. The van der Waals surface area contributed by atoms with Gasteiger partial charge in [-0.2, -0.15) is 0 Å². The van der Waals surface area contributed by atoms with Crippen LogP contribution in [0.25, 0.3) is 0 Å². The largest absolute Gasteiger partial charge is 0.469 e. The zero-order valence-electron chi connectivity index (χ0n) is 11.6. The van der Waals surface area contributed by atoms with E-state index in [-0.39, 0.29) is 5.91 Å². The van der Waals surface area contributed by atoms with Gasteiger partial charge in [-0.3, -0.25) is 4.79 Å². The summed E-state index contributed by atoms with van der Waals surface area (Å²) in [5.41, 5.74) is 1.42. The summed E-state index contributed by atoms with van der Waals surface area (Å²) in [5.74, 6) is -0.0187. The molecule has 0 saturated heterocycles. The number of anilines is 1. The summed E-state index contributed by atoms with van der Waals surface area (Å²) in [5, 5.41) is 2.74. The van der Waals surface area contributed by atoms with Gasteiger partial charge in [0.15, 0.2) is 0 Å². The van der Waals surface area contributed by atoms with Crippen LogP contribution in [0.4, 0.5) is 5.69 Å². The molecule has 0 unspecified atom stereocenters. The minimum absolute atomic E-state index is 0.281. The van der Waals surface area contributed by atoms with Crippen molar-refractivity contribution >= 4 is 33.5 Å². The number of furan rings is 1. The molecule has 0 aliphatic rings. The molecule has 6 heteroatoms. The molecule has 1 aromatic carbocycles. The van der Waals surface area contributed by atoms with Crippen LogP contribution in [0.1, 0.15) is 33.4 Å². The molecule has 0 aliphatic carbocycles. The zero-order chi connectivity index (χ0) is 15.4.